The molecule has 0 spiro atoms. The van der Waals surface area contributed by atoms with Gasteiger partial charge in [0, 0.05) is 31.7 Å². The van der Waals surface area contributed by atoms with Crippen LogP contribution in [0.5, 0.6) is 0 Å². The average Bonchev–Trinajstić information content (AvgIpc) is 3.23. The third kappa shape index (κ3) is 4.71. The number of nitrogens with zero attached hydrogens (tertiary/aromatic N) is 3. The van der Waals surface area contributed by atoms with Crippen LogP contribution in [0.1, 0.15) is 50.1 Å². The normalized spacial score (nSPS) is 14.2. The van der Waals surface area contributed by atoms with Crippen LogP contribution >= 0.6 is 0 Å². The van der Waals surface area contributed by atoms with Crippen molar-refractivity contribution in [2.45, 2.75) is 59.9 Å². The second kappa shape index (κ2) is 8.59. The van der Waals surface area contributed by atoms with Crippen molar-refractivity contribution in [2.24, 2.45) is 5.92 Å². The second-order valence-corrected chi connectivity index (χ2v) is 7.98. The zero-order valence-electron chi connectivity index (χ0n) is 17.1. The lowest BCUT2D eigenvalue weighted by Gasteiger charge is -2.21. The van der Waals surface area contributed by atoms with E-state index in [1.165, 1.54) is 24.1 Å². The predicted octanol–water partition coefficient (Wildman–Crippen LogP) is 4.33. The summed E-state index contributed by atoms with van der Waals surface area (Å²) in [6.45, 7) is 11.6. The van der Waals surface area contributed by atoms with E-state index in [4.69, 9.17) is 0 Å². The van der Waals surface area contributed by atoms with Crippen LogP contribution in [0, 0.1) is 19.8 Å². The van der Waals surface area contributed by atoms with Crippen molar-refractivity contribution >= 4 is 17.3 Å². The molecule has 1 aliphatic rings. The number of para-hydroxylation sites is 2. The van der Waals surface area contributed by atoms with Crippen molar-refractivity contribution in [3.63, 3.8) is 0 Å². The van der Waals surface area contributed by atoms with Crippen LogP contribution in [0.15, 0.2) is 24.3 Å². The van der Waals surface area contributed by atoms with Crippen LogP contribution < -0.4 is 10.2 Å². The minimum atomic E-state index is 0.0667. The Balaban J connectivity index is 1.63. The molecule has 27 heavy (non-hydrogen) atoms. The van der Waals surface area contributed by atoms with E-state index in [1.54, 1.807) is 0 Å². The van der Waals surface area contributed by atoms with E-state index in [-0.39, 0.29) is 5.91 Å². The van der Waals surface area contributed by atoms with Crippen LogP contribution in [-0.4, -0.2) is 28.8 Å². The van der Waals surface area contributed by atoms with Gasteiger partial charge < -0.3 is 10.2 Å². The molecule has 2 heterocycles. The van der Waals surface area contributed by atoms with E-state index in [2.05, 4.69) is 46.8 Å². The highest BCUT2D eigenvalue weighted by molar-refractivity contribution is 5.94. The molecule has 1 saturated heterocycles. The molecule has 1 aromatic carbocycles. The quantitative estimate of drug-likeness (QED) is 0.791. The maximum atomic E-state index is 12.6. The van der Waals surface area contributed by atoms with Crippen LogP contribution in [0.4, 0.5) is 11.4 Å². The fourth-order valence-electron chi connectivity index (χ4n) is 3.88. The number of nitrogens with one attached hydrogen (secondary N) is 1. The predicted molar refractivity (Wildman–Crippen MR) is 111 cm³/mol. The number of hydrogen-bond donors (Lipinski definition) is 1. The Kier molecular flexibility index (Phi) is 6.19. The Morgan fingerprint density at radius 2 is 1.89 bits per heavy atom. The summed E-state index contributed by atoms with van der Waals surface area (Å²) in [5, 5.41) is 7.78. The second-order valence-electron chi connectivity index (χ2n) is 7.98. The lowest BCUT2D eigenvalue weighted by molar-refractivity contribution is -0.116. The van der Waals surface area contributed by atoms with Gasteiger partial charge in [0.15, 0.2) is 0 Å². The largest absolute Gasteiger partial charge is 0.370 e. The first-order valence-corrected chi connectivity index (χ1v) is 10.1. The van der Waals surface area contributed by atoms with Gasteiger partial charge in [0.1, 0.15) is 0 Å². The Hall–Kier alpha value is -2.30. The highest BCUT2D eigenvalue weighted by Crippen LogP contribution is 2.28. The highest BCUT2D eigenvalue weighted by Gasteiger charge is 2.17. The number of aryl methyl sites for hydroxylation is 1. The molecule has 1 N–H and O–H groups in total. The standard InChI is InChI=1S/C22H32N4O/c1-16(2)15-26-18(4)19(17(3)24-26)11-12-22(27)23-20-9-5-6-10-21(20)25-13-7-8-14-25/h5-6,9-10,16H,7-8,11-15H2,1-4H3,(H,23,27). The first kappa shape index (κ1) is 19.5. The summed E-state index contributed by atoms with van der Waals surface area (Å²) in [4.78, 5) is 15.0. The SMILES string of the molecule is Cc1nn(CC(C)C)c(C)c1CCC(=O)Nc1ccccc1N1CCCC1. The van der Waals surface area contributed by atoms with Gasteiger partial charge in [-0.1, -0.05) is 26.0 Å². The minimum absolute atomic E-state index is 0.0667. The number of hydrogen-bond acceptors (Lipinski definition) is 3. The fourth-order valence-corrected chi connectivity index (χ4v) is 3.88. The Bertz CT molecular complexity index is 788. The van der Waals surface area contributed by atoms with Crippen LogP contribution in [0.2, 0.25) is 0 Å². The summed E-state index contributed by atoms with van der Waals surface area (Å²) in [6, 6.07) is 8.13. The average molecular weight is 369 g/mol. The van der Waals surface area contributed by atoms with Crippen LogP contribution in [0.25, 0.3) is 0 Å². The maximum Gasteiger partial charge on any atom is 0.224 e. The van der Waals surface area contributed by atoms with Crippen LogP contribution in [0.3, 0.4) is 0 Å². The molecule has 0 saturated carbocycles. The number of amides is 1. The highest BCUT2D eigenvalue weighted by atomic mass is 16.1. The molecule has 1 aliphatic heterocycles. The number of carbonyl (C=O) groups excluding carboxylic acids is 1. The van der Waals surface area contributed by atoms with E-state index in [0.717, 1.165) is 43.1 Å². The minimum Gasteiger partial charge on any atom is -0.370 e. The summed E-state index contributed by atoms with van der Waals surface area (Å²) >= 11 is 0. The van der Waals surface area contributed by atoms with E-state index in [1.807, 2.05) is 25.1 Å². The Morgan fingerprint density at radius 3 is 2.59 bits per heavy atom. The Morgan fingerprint density at radius 1 is 1.19 bits per heavy atom. The summed E-state index contributed by atoms with van der Waals surface area (Å²) in [6.07, 6.45) is 3.65. The molecule has 0 aliphatic carbocycles. The number of aromatic nitrogens is 2. The zero-order chi connectivity index (χ0) is 19.4. The molecule has 5 nitrogen and oxygen atoms in total. The molecule has 0 bridgehead atoms. The molecular formula is C22H32N4O. The maximum absolute atomic E-state index is 12.6. The molecule has 0 unspecified atom stereocenters. The summed E-state index contributed by atoms with van der Waals surface area (Å²) in [5.74, 6) is 0.623. The molecular weight excluding hydrogens is 336 g/mol. The van der Waals surface area contributed by atoms with Gasteiger partial charge in [-0.05, 0) is 56.7 Å². The van der Waals surface area contributed by atoms with Gasteiger partial charge in [-0.15, -0.1) is 0 Å². The van der Waals surface area contributed by atoms with Gasteiger partial charge in [0.2, 0.25) is 5.91 Å². The van der Waals surface area contributed by atoms with Crippen molar-refractivity contribution in [1.82, 2.24) is 9.78 Å². The number of anilines is 2. The van der Waals surface area contributed by atoms with E-state index < -0.39 is 0 Å². The van der Waals surface area contributed by atoms with Gasteiger partial charge in [0.05, 0.1) is 17.1 Å². The Labute approximate surface area is 162 Å². The monoisotopic (exact) mass is 368 g/mol. The van der Waals surface area contributed by atoms with Crippen molar-refractivity contribution in [1.29, 1.82) is 0 Å². The molecule has 2 aromatic rings. The first-order valence-electron chi connectivity index (χ1n) is 10.1. The van der Waals surface area contributed by atoms with E-state index in [0.29, 0.717) is 12.3 Å². The number of carbonyl (C=O) groups is 1. The third-order valence-corrected chi connectivity index (χ3v) is 5.30. The van der Waals surface area contributed by atoms with Crippen molar-refractivity contribution < 1.29 is 4.79 Å². The molecule has 3 rings (SSSR count). The van der Waals surface area contributed by atoms with Crippen molar-refractivity contribution in [3.05, 3.63) is 41.2 Å². The summed E-state index contributed by atoms with van der Waals surface area (Å²) < 4.78 is 2.08. The number of benzene rings is 1. The number of rotatable bonds is 7. The topological polar surface area (TPSA) is 50.2 Å². The van der Waals surface area contributed by atoms with Crippen molar-refractivity contribution in [3.8, 4) is 0 Å². The van der Waals surface area contributed by atoms with Gasteiger partial charge >= 0.3 is 0 Å². The molecule has 1 amide bonds. The molecule has 0 radical (unpaired) electrons. The summed E-state index contributed by atoms with van der Waals surface area (Å²) in [5.41, 5.74) is 5.50. The fraction of sp³-hybridized carbons (Fsp3) is 0.545. The van der Waals surface area contributed by atoms with Gasteiger partial charge in [-0.2, -0.15) is 5.10 Å². The lowest BCUT2D eigenvalue weighted by atomic mass is 10.1. The third-order valence-electron chi connectivity index (χ3n) is 5.30. The van der Waals surface area contributed by atoms with Gasteiger partial charge in [-0.3, -0.25) is 9.48 Å². The molecule has 146 valence electrons. The lowest BCUT2D eigenvalue weighted by Crippen LogP contribution is -2.21. The molecule has 1 aromatic heterocycles. The van der Waals surface area contributed by atoms with Gasteiger partial charge in [0.25, 0.3) is 0 Å². The van der Waals surface area contributed by atoms with E-state index in [9.17, 15) is 4.79 Å². The zero-order valence-corrected chi connectivity index (χ0v) is 17.1. The van der Waals surface area contributed by atoms with E-state index >= 15 is 0 Å². The molecule has 1 fully saturated rings. The smallest absolute Gasteiger partial charge is 0.224 e. The van der Waals surface area contributed by atoms with Crippen LogP contribution in [-0.2, 0) is 17.8 Å². The summed E-state index contributed by atoms with van der Waals surface area (Å²) in [7, 11) is 0. The first-order chi connectivity index (χ1) is 13.0. The molecule has 0 atom stereocenters. The molecule has 5 heteroatoms. The van der Waals surface area contributed by atoms with Gasteiger partial charge in [-0.25, -0.2) is 0 Å². The van der Waals surface area contributed by atoms with Crippen molar-refractivity contribution in [2.75, 3.05) is 23.3 Å².